The van der Waals surface area contributed by atoms with Crippen LogP contribution in [0.15, 0.2) is 34.5 Å². The minimum Gasteiger partial charge on any atom is -0.316 e. The lowest BCUT2D eigenvalue weighted by molar-refractivity contribution is 0.464. The number of rotatable bonds is 4. The van der Waals surface area contributed by atoms with Gasteiger partial charge in [-0.3, -0.25) is 0 Å². The summed E-state index contributed by atoms with van der Waals surface area (Å²) < 4.78 is 27.1. The summed E-state index contributed by atoms with van der Waals surface area (Å²) in [5.41, 5.74) is 1.80. The highest BCUT2D eigenvalue weighted by molar-refractivity contribution is 7.89. The smallest absolute Gasteiger partial charge is 0.243 e. The Hall–Kier alpha value is -1.28. The van der Waals surface area contributed by atoms with Crippen molar-refractivity contribution in [1.29, 1.82) is 0 Å². The van der Waals surface area contributed by atoms with Crippen LogP contribution in [0.2, 0.25) is 0 Å². The Kier molecular flexibility index (Phi) is 4.31. The third-order valence-corrected chi connectivity index (χ3v) is 6.77. The summed E-state index contributed by atoms with van der Waals surface area (Å²) in [5, 5.41) is 5.96. The fraction of sp³-hybridized carbons (Fsp3) is 0.400. The Balaban J connectivity index is 1.91. The molecule has 0 amide bonds. The zero-order valence-corrected chi connectivity index (χ0v) is 14.2. The van der Waals surface area contributed by atoms with Crippen LogP contribution in [0.4, 0.5) is 0 Å². The molecule has 22 heavy (non-hydrogen) atoms. The number of benzene rings is 1. The Morgan fingerprint density at radius 2 is 2.23 bits per heavy atom. The number of thiazole rings is 1. The molecule has 1 unspecified atom stereocenters. The first-order valence-electron chi connectivity index (χ1n) is 7.20. The molecule has 118 valence electrons. The largest absolute Gasteiger partial charge is 0.316 e. The van der Waals surface area contributed by atoms with E-state index in [0.29, 0.717) is 18.0 Å². The van der Waals surface area contributed by atoms with Crippen LogP contribution in [0.25, 0.3) is 10.6 Å². The molecule has 1 aromatic heterocycles. The van der Waals surface area contributed by atoms with Crippen LogP contribution < -0.4 is 5.32 Å². The average molecular weight is 337 g/mol. The van der Waals surface area contributed by atoms with E-state index >= 15 is 0 Å². The summed E-state index contributed by atoms with van der Waals surface area (Å²) in [4.78, 5) is 4.77. The van der Waals surface area contributed by atoms with Gasteiger partial charge in [-0.25, -0.2) is 13.4 Å². The molecule has 0 spiro atoms. The lowest BCUT2D eigenvalue weighted by Crippen LogP contribution is -2.33. The molecular formula is C15H19N3O2S2. The lowest BCUT2D eigenvalue weighted by Gasteiger charge is -2.17. The second-order valence-corrected chi connectivity index (χ2v) is 8.26. The van der Waals surface area contributed by atoms with Gasteiger partial charge in [-0.1, -0.05) is 12.1 Å². The first-order chi connectivity index (χ1) is 10.5. The molecule has 0 bridgehead atoms. The molecule has 2 aromatic rings. The van der Waals surface area contributed by atoms with Gasteiger partial charge in [-0.2, -0.15) is 4.31 Å². The van der Waals surface area contributed by atoms with Crippen LogP contribution in [-0.2, 0) is 10.0 Å². The van der Waals surface area contributed by atoms with Gasteiger partial charge in [0, 0.05) is 35.8 Å². The average Bonchev–Trinajstić information content (AvgIpc) is 3.16. The maximum Gasteiger partial charge on any atom is 0.243 e. The standard InChI is InChI=1S/C15H19N3O2S2/c1-11-10-21-15(17-11)12-4-3-5-14(8-12)22(19,20)18-7-6-13(9-18)16-2/h3-5,8,10,13,16H,6-7,9H2,1-2H3. The molecule has 1 aromatic carbocycles. The summed E-state index contributed by atoms with van der Waals surface area (Å²) in [6.07, 6.45) is 0.848. The van der Waals surface area contributed by atoms with Gasteiger partial charge in [0.15, 0.2) is 0 Å². The molecule has 1 aliphatic rings. The second kappa shape index (κ2) is 6.08. The summed E-state index contributed by atoms with van der Waals surface area (Å²) in [6.45, 7) is 3.02. The van der Waals surface area contributed by atoms with Crippen LogP contribution in [-0.4, -0.2) is 43.9 Å². The van der Waals surface area contributed by atoms with Crippen molar-refractivity contribution in [2.75, 3.05) is 20.1 Å². The van der Waals surface area contributed by atoms with Crippen molar-refractivity contribution < 1.29 is 8.42 Å². The Bertz CT molecular complexity index is 771. The SMILES string of the molecule is CNC1CCN(S(=O)(=O)c2cccc(-c3nc(C)cs3)c2)C1. The van der Waals surface area contributed by atoms with E-state index in [1.165, 1.54) is 11.3 Å². The van der Waals surface area contributed by atoms with Crippen molar-refractivity contribution in [3.05, 3.63) is 35.3 Å². The van der Waals surface area contributed by atoms with Gasteiger partial charge in [0.1, 0.15) is 5.01 Å². The number of aromatic nitrogens is 1. The fourth-order valence-electron chi connectivity index (χ4n) is 2.61. The van der Waals surface area contributed by atoms with Gasteiger partial charge < -0.3 is 5.32 Å². The highest BCUT2D eigenvalue weighted by Gasteiger charge is 2.31. The number of nitrogens with one attached hydrogen (secondary N) is 1. The molecule has 2 heterocycles. The van der Waals surface area contributed by atoms with Crippen LogP contribution in [0.3, 0.4) is 0 Å². The number of hydrogen-bond acceptors (Lipinski definition) is 5. The molecule has 3 rings (SSSR count). The molecule has 5 nitrogen and oxygen atoms in total. The number of sulfonamides is 1. The molecule has 0 radical (unpaired) electrons. The molecule has 1 fully saturated rings. The number of aryl methyl sites for hydroxylation is 1. The van der Waals surface area contributed by atoms with Crippen molar-refractivity contribution >= 4 is 21.4 Å². The van der Waals surface area contributed by atoms with Gasteiger partial charge in [-0.15, -0.1) is 11.3 Å². The van der Waals surface area contributed by atoms with Gasteiger partial charge in [0.2, 0.25) is 10.0 Å². The zero-order valence-electron chi connectivity index (χ0n) is 12.6. The zero-order chi connectivity index (χ0) is 15.7. The van der Waals surface area contributed by atoms with Crippen molar-refractivity contribution in [3.63, 3.8) is 0 Å². The van der Waals surface area contributed by atoms with Gasteiger partial charge in [0.05, 0.1) is 4.90 Å². The van der Waals surface area contributed by atoms with Crippen LogP contribution >= 0.6 is 11.3 Å². The molecule has 0 saturated carbocycles. The van der Waals surface area contributed by atoms with Gasteiger partial charge in [0.25, 0.3) is 0 Å². The van der Waals surface area contributed by atoms with Crippen LogP contribution in [0.1, 0.15) is 12.1 Å². The first kappa shape index (κ1) is 15.6. The monoisotopic (exact) mass is 337 g/mol. The van der Waals surface area contributed by atoms with E-state index in [9.17, 15) is 8.42 Å². The van der Waals surface area contributed by atoms with E-state index < -0.39 is 10.0 Å². The third-order valence-electron chi connectivity index (χ3n) is 3.90. The first-order valence-corrected chi connectivity index (χ1v) is 9.52. The summed E-state index contributed by atoms with van der Waals surface area (Å²) in [6, 6.07) is 7.30. The molecule has 1 saturated heterocycles. The Morgan fingerprint density at radius 3 is 2.86 bits per heavy atom. The molecule has 0 aliphatic carbocycles. The van der Waals surface area contributed by atoms with Crippen LogP contribution in [0.5, 0.6) is 0 Å². The number of hydrogen-bond donors (Lipinski definition) is 1. The maximum atomic E-state index is 12.8. The topological polar surface area (TPSA) is 62.3 Å². The van der Waals surface area contributed by atoms with E-state index in [0.717, 1.165) is 22.7 Å². The molecular weight excluding hydrogens is 318 g/mol. The Labute approximate surface area is 135 Å². The lowest BCUT2D eigenvalue weighted by atomic mass is 10.2. The minimum atomic E-state index is -3.44. The van der Waals surface area contributed by atoms with E-state index in [4.69, 9.17) is 0 Å². The van der Waals surface area contributed by atoms with E-state index in [1.807, 2.05) is 25.4 Å². The predicted molar refractivity (Wildman–Crippen MR) is 88.5 cm³/mol. The highest BCUT2D eigenvalue weighted by atomic mass is 32.2. The summed E-state index contributed by atoms with van der Waals surface area (Å²) >= 11 is 1.53. The predicted octanol–water partition coefficient (Wildman–Crippen LogP) is 2.10. The maximum absolute atomic E-state index is 12.8. The van der Waals surface area contributed by atoms with E-state index in [-0.39, 0.29) is 6.04 Å². The van der Waals surface area contributed by atoms with Crippen molar-refractivity contribution in [2.24, 2.45) is 0 Å². The molecule has 1 atom stereocenters. The molecule has 1 N–H and O–H groups in total. The normalized spacial score (nSPS) is 19.6. The summed E-state index contributed by atoms with van der Waals surface area (Å²) in [5.74, 6) is 0. The third kappa shape index (κ3) is 2.94. The number of nitrogens with zero attached hydrogens (tertiary/aromatic N) is 2. The summed E-state index contributed by atoms with van der Waals surface area (Å²) in [7, 11) is -1.57. The van der Waals surface area contributed by atoms with E-state index in [2.05, 4.69) is 10.3 Å². The fourth-order valence-corrected chi connectivity index (χ4v) is 4.95. The van der Waals surface area contributed by atoms with Gasteiger partial charge >= 0.3 is 0 Å². The van der Waals surface area contributed by atoms with Crippen molar-refractivity contribution in [1.82, 2.24) is 14.6 Å². The minimum absolute atomic E-state index is 0.236. The quantitative estimate of drug-likeness (QED) is 0.928. The van der Waals surface area contributed by atoms with Crippen molar-refractivity contribution in [3.8, 4) is 10.6 Å². The highest BCUT2D eigenvalue weighted by Crippen LogP contribution is 2.28. The Morgan fingerprint density at radius 1 is 1.41 bits per heavy atom. The van der Waals surface area contributed by atoms with E-state index in [1.54, 1.807) is 22.5 Å². The molecule has 7 heteroatoms. The van der Waals surface area contributed by atoms with Crippen LogP contribution in [0, 0.1) is 6.92 Å². The number of likely N-dealkylation sites (N-methyl/N-ethyl adjacent to an activating group) is 1. The second-order valence-electron chi connectivity index (χ2n) is 5.46. The molecule has 1 aliphatic heterocycles. The van der Waals surface area contributed by atoms with Gasteiger partial charge in [-0.05, 0) is 32.5 Å². The van der Waals surface area contributed by atoms with Crippen molar-refractivity contribution in [2.45, 2.75) is 24.3 Å².